The normalized spacial score (nSPS) is 16.1. The first-order chi connectivity index (χ1) is 29.7. The SMILES string of the molecule is C/C1=C(\c2ccccc2Cc2ccc3c(c2)-c2ccccc2C3(C)C)c2ccccc2-c2c(n(-c3ccc4c(c3)-c3ccccc3C4(C)C)c3ccccc23)-c2ccccc21. The third-order valence-corrected chi connectivity index (χ3v) is 14.5. The predicted octanol–water partition coefficient (Wildman–Crippen LogP) is 15.5. The highest BCUT2D eigenvalue weighted by atomic mass is 15.0. The van der Waals surface area contributed by atoms with Crippen molar-refractivity contribution in [1.29, 1.82) is 0 Å². The molecule has 3 aliphatic carbocycles. The van der Waals surface area contributed by atoms with Crippen molar-refractivity contribution in [1.82, 2.24) is 4.57 Å². The van der Waals surface area contributed by atoms with Crippen LogP contribution in [0, 0.1) is 0 Å². The van der Waals surface area contributed by atoms with Crippen molar-refractivity contribution >= 4 is 22.0 Å². The Morgan fingerprint density at radius 3 is 1.62 bits per heavy atom. The molecule has 0 radical (unpaired) electrons. The fraction of sp³-hybridized carbons (Fsp3) is 0.133. The van der Waals surface area contributed by atoms with Crippen LogP contribution in [0.25, 0.3) is 72.4 Å². The van der Waals surface area contributed by atoms with Gasteiger partial charge in [-0.15, -0.1) is 0 Å². The number of hydrogen-bond donors (Lipinski definition) is 0. The third-order valence-electron chi connectivity index (χ3n) is 14.5. The van der Waals surface area contributed by atoms with Crippen LogP contribution in [-0.2, 0) is 17.3 Å². The van der Waals surface area contributed by atoms with Crippen molar-refractivity contribution in [3.8, 4) is 50.3 Å². The summed E-state index contributed by atoms with van der Waals surface area (Å²) in [5, 5.41) is 1.26. The molecule has 292 valence electrons. The van der Waals surface area contributed by atoms with Crippen molar-refractivity contribution in [2.24, 2.45) is 0 Å². The van der Waals surface area contributed by atoms with Crippen LogP contribution in [0.2, 0.25) is 0 Å². The molecule has 0 bridgehead atoms. The molecule has 0 aliphatic heterocycles. The molecule has 1 heteroatoms. The van der Waals surface area contributed by atoms with Crippen molar-refractivity contribution in [3.05, 3.63) is 232 Å². The maximum atomic E-state index is 2.55. The number of para-hydroxylation sites is 1. The highest BCUT2D eigenvalue weighted by Gasteiger charge is 2.37. The summed E-state index contributed by atoms with van der Waals surface area (Å²) in [5.41, 5.74) is 27.4. The minimum Gasteiger partial charge on any atom is -0.309 e. The number of hydrogen-bond acceptors (Lipinski definition) is 0. The van der Waals surface area contributed by atoms with E-state index in [0.29, 0.717) is 0 Å². The Balaban J connectivity index is 1.08. The molecule has 3 aliphatic rings. The van der Waals surface area contributed by atoms with Gasteiger partial charge in [0.25, 0.3) is 0 Å². The Morgan fingerprint density at radius 2 is 0.918 bits per heavy atom. The molecule has 0 saturated heterocycles. The van der Waals surface area contributed by atoms with Crippen LogP contribution in [-0.4, -0.2) is 4.57 Å². The minimum atomic E-state index is -0.0545. The van der Waals surface area contributed by atoms with E-state index in [1.54, 1.807) is 0 Å². The molecular formula is C60H47N. The molecule has 8 aromatic carbocycles. The van der Waals surface area contributed by atoms with Gasteiger partial charge in [-0.25, -0.2) is 0 Å². The lowest BCUT2D eigenvalue weighted by Gasteiger charge is -2.26. The Morgan fingerprint density at radius 1 is 0.410 bits per heavy atom. The van der Waals surface area contributed by atoms with E-state index in [1.807, 2.05) is 0 Å². The quantitative estimate of drug-likeness (QED) is 0.168. The molecule has 0 saturated carbocycles. The van der Waals surface area contributed by atoms with Crippen LogP contribution in [0.5, 0.6) is 0 Å². The van der Waals surface area contributed by atoms with Gasteiger partial charge in [-0.1, -0.05) is 191 Å². The number of benzene rings is 8. The van der Waals surface area contributed by atoms with E-state index in [4.69, 9.17) is 0 Å². The van der Waals surface area contributed by atoms with Gasteiger partial charge in [-0.05, 0) is 121 Å². The molecule has 1 nitrogen and oxygen atoms in total. The zero-order valence-electron chi connectivity index (χ0n) is 35.5. The number of allylic oxidation sites excluding steroid dienone is 1. The molecule has 61 heavy (non-hydrogen) atoms. The summed E-state index contributed by atoms with van der Waals surface area (Å²) in [4.78, 5) is 0. The monoisotopic (exact) mass is 781 g/mol. The minimum absolute atomic E-state index is 0.00883. The summed E-state index contributed by atoms with van der Waals surface area (Å²) in [6.45, 7) is 11.8. The zero-order chi connectivity index (χ0) is 41.2. The number of nitrogens with zero attached hydrogens (tertiary/aromatic N) is 1. The van der Waals surface area contributed by atoms with Gasteiger partial charge >= 0.3 is 0 Å². The van der Waals surface area contributed by atoms with E-state index in [0.717, 1.165) is 6.42 Å². The van der Waals surface area contributed by atoms with Crippen LogP contribution in [0.3, 0.4) is 0 Å². The van der Waals surface area contributed by atoms with Crippen molar-refractivity contribution in [2.75, 3.05) is 0 Å². The van der Waals surface area contributed by atoms with Gasteiger partial charge < -0.3 is 4.57 Å². The average Bonchev–Trinajstić information content (AvgIpc) is 3.83. The fourth-order valence-corrected chi connectivity index (χ4v) is 11.5. The van der Waals surface area contributed by atoms with Gasteiger partial charge in [0.15, 0.2) is 0 Å². The Labute approximate surface area is 359 Å². The molecular weight excluding hydrogens is 735 g/mol. The molecule has 1 aromatic heterocycles. The second-order valence-corrected chi connectivity index (χ2v) is 18.5. The number of rotatable bonds is 4. The third kappa shape index (κ3) is 5.07. The fourth-order valence-electron chi connectivity index (χ4n) is 11.5. The molecule has 0 atom stereocenters. The van der Waals surface area contributed by atoms with Crippen LogP contribution < -0.4 is 0 Å². The highest BCUT2D eigenvalue weighted by molar-refractivity contribution is 6.14. The molecule has 0 amide bonds. The molecule has 9 aromatic rings. The largest absolute Gasteiger partial charge is 0.309 e. The lowest BCUT2D eigenvalue weighted by atomic mass is 9.79. The van der Waals surface area contributed by atoms with E-state index in [1.165, 1.54) is 122 Å². The summed E-state index contributed by atoms with van der Waals surface area (Å²) >= 11 is 0. The van der Waals surface area contributed by atoms with Gasteiger partial charge in [0.1, 0.15) is 0 Å². The van der Waals surface area contributed by atoms with Crippen LogP contribution >= 0.6 is 0 Å². The van der Waals surface area contributed by atoms with Crippen LogP contribution in [0.15, 0.2) is 182 Å². The van der Waals surface area contributed by atoms with Crippen molar-refractivity contribution in [2.45, 2.75) is 51.9 Å². The Kier molecular flexibility index (Phi) is 7.67. The summed E-state index contributed by atoms with van der Waals surface area (Å²) < 4.78 is 2.55. The van der Waals surface area contributed by atoms with Gasteiger partial charge in [-0.3, -0.25) is 0 Å². The van der Waals surface area contributed by atoms with E-state index < -0.39 is 0 Å². The topological polar surface area (TPSA) is 4.93 Å². The lowest BCUT2D eigenvalue weighted by Crippen LogP contribution is -2.14. The number of fused-ring (bicyclic) bond motifs is 13. The first-order valence-corrected chi connectivity index (χ1v) is 21.8. The maximum absolute atomic E-state index is 2.55. The smallest absolute Gasteiger partial charge is 0.0625 e. The first-order valence-electron chi connectivity index (χ1n) is 21.8. The highest BCUT2D eigenvalue weighted by Crippen LogP contribution is 2.54. The summed E-state index contributed by atoms with van der Waals surface area (Å²) in [5.74, 6) is 0. The first kappa shape index (κ1) is 35.9. The number of aromatic nitrogens is 1. The van der Waals surface area contributed by atoms with E-state index in [2.05, 4.69) is 221 Å². The Hall–Kier alpha value is -6.96. The molecule has 0 unspecified atom stereocenters. The van der Waals surface area contributed by atoms with E-state index in [9.17, 15) is 0 Å². The zero-order valence-corrected chi connectivity index (χ0v) is 35.5. The van der Waals surface area contributed by atoms with E-state index >= 15 is 0 Å². The van der Waals surface area contributed by atoms with Gasteiger partial charge in [0.05, 0.1) is 11.2 Å². The van der Waals surface area contributed by atoms with E-state index in [-0.39, 0.29) is 10.8 Å². The predicted molar refractivity (Wildman–Crippen MR) is 257 cm³/mol. The summed E-state index contributed by atoms with van der Waals surface area (Å²) in [7, 11) is 0. The molecule has 12 rings (SSSR count). The molecule has 0 spiro atoms. The maximum Gasteiger partial charge on any atom is 0.0625 e. The van der Waals surface area contributed by atoms with Crippen LogP contribution in [0.4, 0.5) is 0 Å². The lowest BCUT2D eigenvalue weighted by molar-refractivity contribution is 0.660. The van der Waals surface area contributed by atoms with Crippen molar-refractivity contribution < 1.29 is 0 Å². The average molecular weight is 782 g/mol. The molecule has 1 heterocycles. The molecule has 0 fully saturated rings. The standard InChI is InChI=1S/C60H47N/c1-37-41-19-8-11-25-47(41)58-57(48-26-14-17-29-55(48)61(58)40-31-33-54-50(36-40)44-22-13-16-28-52(44)60(54,4)5)46-24-10-9-23-45(46)56(37)42-20-7-6-18-39(42)34-38-30-32-53-49(35-38)43-21-12-15-27-51(43)59(53,2)3/h6-33,35-36H,34H2,1-5H3/b41-37?,56-37-,56-45?,57-46?,58-47?. The van der Waals surface area contributed by atoms with Gasteiger partial charge in [0.2, 0.25) is 0 Å². The van der Waals surface area contributed by atoms with Crippen molar-refractivity contribution in [3.63, 3.8) is 0 Å². The second-order valence-electron chi connectivity index (χ2n) is 18.5. The molecule has 0 N–H and O–H groups in total. The summed E-state index contributed by atoms with van der Waals surface area (Å²) in [6, 6.07) is 68.8. The second kappa shape index (κ2) is 13.0. The van der Waals surface area contributed by atoms with Gasteiger partial charge in [-0.2, -0.15) is 0 Å². The Bertz CT molecular complexity index is 3340. The van der Waals surface area contributed by atoms with Gasteiger partial charge in [0, 0.05) is 33.0 Å². The summed E-state index contributed by atoms with van der Waals surface area (Å²) in [6.07, 6.45) is 0.843. The van der Waals surface area contributed by atoms with Crippen LogP contribution in [0.1, 0.15) is 84.7 Å².